The van der Waals surface area contributed by atoms with E-state index in [1.54, 1.807) is 42.9 Å². The summed E-state index contributed by atoms with van der Waals surface area (Å²) in [6.45, 7) is 5.94. The van der Waals surface area contributed by atoms with Gasteiger partial charge in [0.15, 0.2) is 16.3 Å². The largest absolute Gasteiger partial charge is 0.332 e. The van der Waals surface area contributed by atoms with Gasteiger partial charge in [-0.3, -0.25) is 13.9 Å². The zero-order valence-electron chi connectivity index (χ0n) is 14.8. The van der Waals surface area contributed by atoms with Crippen LogP contribution in [0.25, 0.3) is 11.2 Å². The van der Waals surface area contributed by atoms with E-state index in [-0.39, 0.29) is 17.4 Å². The molecule has 6 nitrogen and oxygen atoms in total. The maximum Gasteiger partial charge on any atom is 0.332 e. The summed E-state index contributed by atoms with van der Waals surface area (Å²) in [5.41, 5.74) is 0.855. The Morgan fingerprint density at radius 3 is 2.50 bits per heavy atom. The Labute approximate surface area is 159 Å². The summed E-state index contributed by atoms with van der Waals surface area (Å²) >= 11 is 7.39. The monoisotopic (exact) mass is 390 g/mol. The zero-order chi connectivity index (χ0) is 19.0. The first-order chi connectivity index (χ1) is 12.3. The van der Waals surface area contributed by atoms with E-state index in [1.165, 1.54) is 20.9 Å². The van der Waals surface area contributed by atoms with Gasteiger partial charge in [-0.1, -0.05) is 41.6 Å². The van der Waals surface area contributed by atoms with Gasteiger partial charge < -0.3 is 4.57 Å². The molecule has 0 N–H and O–H groups in total. The number of rotatable bonds is 5. The van der Waals surface area contributed by atoms with Crippen LogP contribution in [0.1, 0.15) is 12.5 Å². The Balaban J connectivity index is 2.17. The molecular formula is C18H19ClN4O2S. The van der Waals surface area contributed by atoms with Gasteiger partial charge in [-0.05, 0) is 24.6 Å². The molecule has 3 rings (SSSR count). The van der Waals surface area contributed by atoms with Crippen LogP contribution >= 0.6 is 23.4 Å². The number of thioether (sulfide) groups is 1. The topological polar surface area (TPSA) is 61.8 Å². The van der Waals surface area contributed by atoms with Crippen LogP contribution in [0, 0.1) is 0 Å². The molecule has 0 spiro atoms. The molecule has 0 saturated heterocycles. The van der Waals surface area contributed by atoms with Gasteiger partial charge in [0.05, 0.1) is 6.54 Å². The average molecular weight is 391 g/mol. The van der Waals surface area contributed by atoms with Crippen molar-refractivity contribution in [2.24, 2.45) is 14.1 Å². The molecule has 136 valence electrons. The summed E-state index contributed by atoms with van der Waals surface area (Å²) in [7, 11) is 3.41. The van der Waals surface area contributed by atoms with Crippen molar-refractivity contribution < 1.29 is 0 Å². The van der Waals surface area contributed by atoms with E-state index in [0.29, 0.717) is 21.3 Å². The van der Waals surface area contributed by atoms with Crippen LogP contribution in [-0.4, -0.2) is 23.9 Å². The van der Waals surface area contributed by atoms with Gasteiger partial charge in [0.1, 0.15) is 0 Å². The molecule has 2 aromatic heterocycles. The molecule has 1 unspecified atom stereocenters. The molecule has 0 aliphatic carbocycles. The Morgan fingerprint density at radius 2 is 1.88 bits per heavy atom. The second-order valence-electron chi connectivity index (χ2n) is 6.04. The number of aryl methyl sites for hydroxylation is 2. The number of halogens is 1. The first-order valence-corrected chi connectivity index (χ1v) is 9.29. The van der Waals surface area contributed by atoms with E-state index in [0.717, 1.165) is 5.56 Å². The molecule has 0 saturated carbocycles. The van der Waals surface area contributed by atoms with E-state index >= 15 is 0 Å². The summed E-state index contributed by atoms with van der Waals surface area (Å²) in [4.78, 5) is 30.2. The summed E-state index contributed by atoms with van der Waals surface area (Å²) in [6.07, 6.45) is 1.81. The molecule has 8 heteroatoms. The molecular weight excluding hydrogens is 372 g/mol. The lowest BCUT2D eigenvalue weighted by atomic mass is 10.2. The predicted molar refractivity (Wildman–Crippen MR) is 106 cm³/mol. The van der Waals surface area contributed by atoms with Gasteiger partial charge in [0.2, 0.25) is 0 Å². The summed E-state index contributed by atoms with van der Waals surface area (Å²) in [6, 6.07) is 7.07. The quantitative estimate of drug-likeness (QED) is 0.496. The number of hydrogen-bond acceptors (Lipinski definition) is 4. The van der Waals surface area contributed by atoms with Crippen LogP contribution in [0.2, 0.25) is 5.02 Å². The van der Waals surface area contributed by atoms with E-state index in [2.05, 4.69) is 11.6 Å². The van der Waals surface area contributed by atoms with Gasteiger partial charge in [-0.25, -0.2) is 9.78 Å². The minimum atomic E-state index is -0.399. The van der Waals surface area contributed by atoms with E-state index in [1.807, 2.05) is 13.0 Å². The molecule has 1 aromatic carbocycles. The zero-order valence-corrected chi connectivity index (χ0v) is 16.3. The normalized spacial score (nSPS) is 12.5. The third kappa shape index (κ3) is 3.24. The SMILES string of the molecule is C=CC(C)Sc1nc2c(c(=O)n(Cc3ccc(Cl)cc3)c(=O)n2C)n1C. The molecule has 0 bridgehead atoms. The van der Waals surface area contributed by atoms with Crippen LogP contribution < -0.4 is 11.2 Å². The molecule has 3 aromatic rings. The number of imidazole rings is 1. The Kier molecular flexibility index (Phi) is 5.11. The Hall–Kier alpha value is -2.25. The number of aromatic nitrogens is 4. The van der Waals surface area contributed by atoms with E-state index in [9.17, 15) is 9.59 Å². The second-order valence-corrected chi connectivity index (χ2v) is 7.82. The maximum absolute atomic E-state index is 13.0. The van der Waals surface area contributed by atoms with Crippen molar-refractivity contribution >= 4 is 34.5 Å². The number of fused-ring (bicyclic) bond motifs is 1. The van der Waals surface area contributed by atoms with Crippen molar-refractivity contribution in [1.82, 2.24) is 18.7 Å². The molecule has 0 aliphatic heterocycles. The Bertz CT molecular complexity index is 1100. The maximum atomic E-state index is 13.0. The van der Waals surface area contributed by atoms with E-state index in [4.69, 9.17) is 11.6 Å². The number of nitrogens with zero attached hydrogens (tertiary/aromatic N) is 4. The van der Waals surface area contributed by atoms with Gasteiger partial charge in [-0.15, -0.1) is 6.58 Å². The predicted octanol–water partition coefficient (Wildman–Crippen LogP) is 2.80. The summed E-state index contributed by atoms with van der Waals surface area (Å²) < 4.78 is 4.37. The molecule has 0 amide bonds. The third-order valence-electron chi connectivity index (χ3n) is 4.20. The fraction of sp³-hybridized carbons (Fsp3) is 0.278. The van der Waals surface area contributed by atoms with Crippen molar-refractivity contribution in [3.63, 3.8) is 0 Å². The standard InChI is InChI=1S/C18H19ClN4O2S/c1-5-11(2)26-17-20-15-14(21(17)3)16(24)23(18(25)22(15)4)10-12-6-8-13(19)9-7-12/h5-9,11H,1,10H2,2-4H3. The van der Waals surface area contributed by atoms with Crippen LogP contribution in [-0.2, 0) is 20.6 Å². The van der Waals surface area contributed by atoms with Crippen molar-refractivity contribution in [2.75, 3.05) is 0 Å². The van der Waals surface area contributed by atoms with Gasteiger partial charge in [0, 0.05) is 24.4 Å². The molecule has 2 heterocycles. The number of hydrogen-bond donors (Lipinski definition) is 0. The molecule has 1 atom stereocenters. The fourth-order valence-corrected chi connectivity index (χ4v) is 3.60. The lowest BCUT2D eigenvalue weighted by molar-refractivity contribution is 0.655. The van der Waals surface area contributed by atoms with Crippen LogP contribution in [0.15, 0.2) is 51.7 Å². The highest BCUT2D eigenvalue weighted by Crippen LogP contribution is 2.24. The lowest BCUT2D eigenvalue weighted by Crippen LogP contribution is -2.39. The van der Waals surface area contributed by atoms with Crippen LogP contribution in [0.4, 0.5) is 0 Å². The van der Waals surface area contributed by atoms with Gasteiger partial charge >= 0.3 is 5.69 Å². The first-order valence-electron chi connectivity index (χ1n) is 8.03. The van der Waals surface area contributed by atoms with Gasteiger partial charge in [-0.2, -0.15) is 0 Å². The van der Waals surface area contributed by atoms with E-state index < -0.39 is 5.69 Å². The third-order valence-corrected chi connectivity index (χ3v) is 5.59. The minimum Gasteiger partial charge on any atom is -0.316 e. The van der Waals surface area contributed by atoms with Crippen LogP contribution in [0.3, 0.4) is 0 Å². The highest BCUT2D eigenvalue weighted by atomic mass is 35.5. The molecule has 0 aliphatic rings. The van der Waals surface area contributed by atoms with Crippen molar-refractivity contribution in [3.8, 4) is 0 Å². The smallest absolute Gasteiger partial charge is 0.316 e. The molecule has 26 heavy (non-hydrogen) atoms. The Morgan fingerprint density at radius 1 is 1.23 bits per heavy atom. The fourth-order valence-electron chi connectivity index (χ4n) is 2.66. The molecule has 0 fully saturated rings. The van der Waals surface area contributed by atoms with Crippen molar-refractivity contribution in [2.45, 2.75) is 23.9 Å². The average Bonchev–Trinajstić information content (AvgIpc) is 2.95. The molecule has 0 radical (unpaired) electrons. The highest BCUT2D eigenvalue weighted by molar-refractivity contribution is 7.99. The van der Waals surface area contributed by atoms with Crippen LogP contribution in [0.5, 0.6) is 0 Å². The lowest BCUT2D eigenvalue weighted by Gasteiger charge is -2.09. The minimum absolute atomic E-state index is 0.138. The highest BCUT2D eigenvalue weighted by Gasteiger charge is 2.19. The van der Waals surface area contributed by atoms with Gasteiger partial charge in [0.25, 0.3) is 5.56 Å². The summed E-state index contributed by atoms with van der Waals surface area (Å²) in [5.74, 6) is 0. The first kappa shape index (κ1) is 18.5. The van der Waals surface area contributed by atoms with Crippen molar-refractivity contribution in [1.29, 1.82) is 0 Å². The summed E-state index contributed by atoms with van der Waals surface area (Å²) in [5, 5.41) is 1.41. The number of benzene rings is 1. The van der Waals surface area contributed by atoms with Crippen molar-refractivity contribution in [3.05, 3.63) is 68.3 Å². The second kappa shape index (κ2) is 7.17.